The molecule has 1 aliphatic heterocycles. The van der Waals surface area contributed by atoms with Crippen molar-refractivity contribution in [3.05, 3.63) is 76.5 Å². The number of fused-ring (bicyclic) bond motifs is 3. The second kappa shape index (κ2) is 7.77. The van der Waals surface area contributed by atoms with E-state index in [4.69, 9.17) is 4.74 Å². The van der Waals surface area contributed by atoms with Gasteiger partial charge in [-0.05, 0) is 80.9 Å². The van der Waals surface area contributed by atoms with Crippen LogP contribution in [0.5, 0.6) is 0 Å². The van der Waals surface area contributed by atoms with Gasteiger partial charge in [-0.15, -0.1) is 0 Å². The SMILES string of the molecule is CCOC(=O)/C=C/c1cc(F)c(C2c3[nH]c4ccccc4c3CC(C)N2C23CC(C2)C3)c(F)c1. The Balaban J connectivity index is 1.48. The van der Waals surface area contributed by atoms with Gasteiger partial charge in [0.15, 0.2) is 0 Å². The number of H-pyrrole nitrogens is 1. The van der Waals surface area contributed by atoms with Crippen molar-refractivity contribution in [2.45, 2.75) is 57.2 Å². The van der Waals surface area contributed by atoms with Crippen LogP contribution in [-0.4, -0.2) is 34.0 Å². The number of rotatable bonds is 5. The predicted molar refractivity (Wildman–Crippen MR) is 127 cm³/mol. The average Bonchev–Trinajstić information content (AvgIpc) is 3.10. The summed E-state index contributed by atoms with van der Waals surface area (Å²) in [6.07, 6.45) is 6.76. The lowest BCUT2D eigenvalue weighted by Crippen LogP contribution is -2.71. The number of carbonyl (C=O) groups is 1. The summed E-state index contributed by atoms with van der Waals surface area (Å²) >= 11 is 0. The minimum Gasteiger partial charge on any atom is -0.463 e. The van der Waals surface area contributed by atoms with Crippen LogP contribution in [0.15, 0.2) is 42.5 Å². The number of para-hydroxylation sites is 1. The first kappa shape index (κ1) is 21.5. The molecular weight excluding hydrogens is 434 g/mol. The molecule has 176 valence electrons. The molecule has 4 aliphatic rings. The molecule has 6 heteroatoms. The zero-order valence-electron chi connectivity index (χ0n) is 19.4. The number of carbonyl (C=O) groups excluding carboxylic acids is 1. The highest BCUT2D eigenvalue weighted by atomic mass is 19.1. The van der Waals surface area contributed by atoms with Crippen LogP contribution in [0.2, 0.25) is 0 Å². The van der Waals surface area contributed by atoms with Crippen molar-refractivity contribution in [3.8, 4) is 0 Å². The second-order valence-corrected chi connectivity index (χ2v) is 10.1. The van der Waals surface area contributed by atoms with E-state index in [0.717, 1.165) is 53.8 Å². The zero-order chi connectivity index (χ0) is 23.6. The molecular formula is C28H28F2N2O2. The lowest BCUT2D eigenvalue weighted by molar-refractivity contribution is -0.174. The molecule has 0 amide bonds. The summed E-state index contributed by atoms with van der Waals surface area (Å²) in [4.78, 5) is 17.6. The summed E-state index contributed by atoms with van der Waals surface area (Å²) in [7, 11) is 0. The Morgan fingerprint density at radius 2 is 1.91 bits per heavy atom. The fraction of sp³-hybridized carbons (Fsp3) is 0.393. The standard InChI is InChI=1S/C28H28F2N2O2/c1-3-34-24(33)9-8-17-11-21(29)25(22(30)12-17)27-26-20(19-6-4-5-7-23(19)31-26)10-16(2)32(27)28-13-18(14-28)15-28/h4-9,11-12,16,18,27,31H,3,10,13-15H2,1-2H3/b9-8+. The van der Waals surface area contributed by atoms with Crippen LogP contribution < -0.4 is 0 Å². The molecule has 0 spiro atoms. The number of esters is 1. The first-order valence-electron chi connectivity index (χ1n) is 12.1. The number of nitrogens with zero attached hydrogens (tertiary/aromatic N) is 1. The number of halogens is 2. The van der Waals surface area contributed by atoms with E-state index in [1.807, 2.05) is 18.2 Å². The maximum absolute atomic E-state index is 15.7. The van der Waals surface area contributed by atoms with E-state index in [1.165, 1.54) is 24.3 Å². The molecule has 3 fully saturated rings. The third kappa shape index (κ3) is 3.15. The van der Waals surface area contributed by atoms with Gasteiger partial charge in [-0.3, -0.25) is 4.90 Å². The first-order chi connectivity index (χ1) is 16.4. The van der Waals surface area contributed by atoms with Gasteiger partial charge in [0.2, 0.25) is 0 Å². The maximum Gasteiger partial charge on any atom is 0.330 e. The highest BCUT2D eigenvalue weighted by molar-refractivity contribution is 5.87. The van der Waals surface area contributed by atoms with Crippen molar-refractivity contribution in [2.24, 2.45) is 5.92 Å². The monoisotopic (exact) mass is 462 g/mol. The van der Waals surface area contributed by atoms with Crippen molar-refractivity contribution < 1.29 is 18.3 Å². The molecule has 2 bridgehead atoms. The Kier molecular flexibility index (Phi) is 4.92. The highest BCUT2D eigenvalue weighted by Crippen LogP contribution is 2.64. The summed E-state index contributed by atoms with van der Waals surface area (Å²) < 4.78 is 36.3. The van der Waals surface area contributed by atoms with E-state index >= 15 is 8.78 Å². The van der Waals surface area contributed by atoms with Crippen molar-refractivity contribution in [1.29, 1.82) is 0 Å². The minimum absolute atomic E-state index is 0.0328. The van der Waals surface area contributed by atoms with Crippen molar-refractivity contribution in [1.82, 2.24) is 9.88 Å². The van der Waals surface area contributed by atoms with E-state index in [-0.39, 0.29) is 23.8 Å². The Bertz CT molecular complexity index is 1290. The van der Waals surface area contributed by atoms with Crippen LogP contribution in [0.1, 0.15) is 61.5 Å². The van der Waals surface area contributed by atoms with Crippen molar-refractivity contribution in [3.63, 3.8) is 0 Å². The lowest BCUT2D eigenvalue weighted by atomic mass is 9.48. The molecule has 1 aromatic heterocycles. The number of hydrogen-bond donors (Lipinski definition) is 1. The summed E-state index contributed by atoms with van der Waals surface area (Å²) in [5, 5.41) is 1.13. The fourth-order valence-corrected chi connectivity index (χ4v) is 6.55. The van der Waals surface area contributed by atoms with E-state index < -0.39 is 23.6 Å². The number of nitrogens with one attached hydrogen (secondary N) is 1. The van der Waals surface area contributed by atoms with Crippen LogP contribution in [-0.2, 0) is 16.0 Å². The summed E-state index contributed by atoms with van der Waals surface area (Å²) in [6.45, 7) is 4.14. The summed E-state index contributed by atoms with van der Waals surface area (Å²) in [5.41, 5.74) is 3.46. The molecule has 4 nitrogen and oxygen atoms in total. The molecule has 3 saturated carbocycles. The summed E-state index contributed by atoms with van der Waals surface area (Å²) in [5.74, 6) is -0.972. The molecule has 34 heavy (non-hydrogen) atoms. The Hall–Kier alpha value is -2.99. The quantitative estimate of drug-likeness (QED) is 0.379. The van der Waals surface area contributed by atoms with Crippen LogP contribution in [0.4, 0.5) is 8.78 Å². The van der Waals surface area contributed by atoms with Crippen molar-refractivity contribution >= 4 is 22.9 Å². The Morgan fingerprint density at radius 1 is 1.21 bits per heavy atom. The molecule has 2 atom stereocenters. The van der Waals surface area contributed by atoms with Crippen LogP contribution in [0.3, 0.4) is 0 Å². The third-order valence-corrected chi connectivity index (χ3v) is 8.00. The molecule has 2 unspecified atom stereocenters. The molecule has 2 aromatic carbocycles. The smallest absolute Gasteiger partial charge is 0.330 e. The molecule has 0 saturated heterocycles. The molecule has 2 heterocycles. The Morgan fingerprint density at radius 3 is 2.56 bits per heavy atom. The van der Waals surface area contributed by atoms with Gasteiger partial charge in [0.25, 0.3) is 0 Å². The fourth-order valence-electron chi connectivity index (χ4n) is 6.55. The first-order valence-corrected chi connectivity index (χ1v) is 12.1. The largest absolute Gasteiger partial charge is 0.463 e. The molecule has 3 aliphatic carbocycles. The van der Waals surface area contributed by atoms with Gasteiger partial charge >= 0.3 is 5.97 Å². The predicted octanol–water partition coefficient (Wildman–Crippen LogP) is 5.91. The molecule has 1 N–H and O–H groups in total. The number of ether oxygens (including phenoxy) is 1. The summed E-state index contributed by atoms with van der Waals surface area (Å²) in [6, 6.07) is 10.4. The van der Waals surface area contributed by atoms with E-state index in [9.17, 15) is 4.79 Å². The lowest BCUT2D eigenvalue weighted by Gasteiger charge is -2.70. The van der Waals surface area contributed by atoms with E-state index in [0.29, 0.717) is 5.56 Å². The van der Waals surface area contributed by atoms with Gasteiger partial charge in [-0.2, -0.15) is 0 Å². The van der Waals surface area contributed by atoms with Crippen molar-refractivity contribution in [2.75, 3.05) is 6.61 Å². The van der Waals surface area contributed by atoms with Gasteiger partial charge in [-0.25, -0.2) is 13.6 Å². The van der Waals surface area contributed by atoms with Gasteiger partial charge in [0.1, 0.15) is 11.6 Å². The number of benzene rings is 2. The minimum atomic E-state index is -0.594. The van der Waals surface area contributed by atoms with Crippen LogP contribution in [0.25, 0.3) is 17.0 Å². The molecule has 0 radical (unpaired) electrons. The topological polar surface area (TPSA) is 45.3 Å². The molecule has 3 aromatic rings. The van der Waals surface area contributed by atoms with Gasteiger partial charge in [-0.1, -0.05) is 18.2 Å². The second-order valence-electron chi connectivity index (χ2n) is 10.1. The van der Waals surface area contributed by atoms with E-state index in [2.05, 4.69) is 22.9 Å². The number of hydrogen-bond acceptors (Lipinski definition) is 3. The number of aromatic nitrogens is 1. The van der Waals surface area contributed by atoms with Gasteiger partial charge in [0, 0.05) is 39.8 Å². The molecule has 7 rings (SSSR count). The highest BCUT2D eigenvalue weighted by Gasteiger charge is 2.63. The average molecular weight is 463 g/mol. The zero-order valence-corrected chi connectivity index (χ0v) is 19.4. The third-order valence-electron chi connectivity index (χ3n) is 8.00. The van der Waals surface area contributed by atoms with Gasteiger partial charge in [0.05, 0.1) is 12.6 Å². The normalized spacial score (nSPS) is 27.9. The van der Waals surface area contributed by atoms with Crippen LogP contribution >= 0.6 is 0 Å². The maximum atomic E-state index is 15.7. The number of aromatic amines is 1. The van der Waals surface area contributed by atoms with E-state index in [1.54, 1.807) is 6.92 Å². The van der Waals surface area contributed by atoms with Crippen LogP contribution in [0, 0.1) is 17.6 Å². The Labute approximate surface area is 197 Å². The van der Waals surface area contributed by atoms with Gasteiger partial charge < -0.3 is 9.72 Å².